The van der Waals surface area contributed by atoms with Gasteiger partial charge in [0.25, 0.3) is 5.91 Å². The van der Waals surface area contributed by atoms with Crippen LogP contribution in [0.4, 0.5) is 4.39 Å². The molecule has 1 aliphatic carbocycles. The molecular weight excluding hydrogens is 445 g/mol. The molecule has 1 aromatic carbocycles. The minimum absolute atomic E-state index is 0.0552. The fraction of sp³-hybridized carbons (Fsp3) is 0.435. The van der Waals surface area contributed by atoms with Crippen molar-refractivity contribution in [2.75, 3.05) is 26.2 Å². The molecule has 2 aliphatic rings. The number of rotatable bonds is 4. The van der Waals surface area contributed by atoms with E-state index in [9.17, 15) is 17.6 Å². The van der Waals surface area contributed by atoms with Crippen LogP contribution in [0, 0.1) is 12.7 Å². The van der Waals surface area contributed by atoms with Gasteiger partial charge in [-0.25, -0.2) is 17.8 Å². The number of sulfonamides is 1. The predicted octanol–water partition coefficient (Wildman–Crippen LogP) is 2.83. The Balaban J connectivity index is 1.42. The van der Waals surface area contributed by atoms with Crippen LogP contribution in [0.5, 0.6) is 0 Å². The summed E-state index contributed by atoms with van der Waals surface area (Å²) in [6.45, 7) is 3.09. The van der Waals surface area contributed by atoms with E-state index >= 15 is 0 Å². The molecule has 8 nitrogen and oxygen atoms in total. The van der Waals surface area contributed by atoms with Gasteiger partial charge in [-0.2, -0.15) is 9.40 Å². The van der Waals surface area contributed by atoms with Gasteiger partial charge in [0.05, 0.1) is 21.5 Å². The molecule has 2 fully saturated rings. The number of amides is 1. The van der Waals surface area contributed by atoms with Crippen molar-refractivity contribution in [2.24, 2.45) is 7.05 Å². The molecule has 1 aliphatic heterocycles. The van der Waals surface area contributed by atoms with Gasteiger partial charge in [0.15, 0.2) is 5.65 Å². The van der Waals surface area contributed by atoms with Crippen molar-refractivity contribution < 1.29 is 17.6 Å². The van der Waals surface area contributed by atoms with Crippen LogP contribution in [0.3, 0.4) is 0 Å². The van der Waals surface area contributed by atoms with Crippen LogP contribution >= 0.6 is 0 Å². The molecule has 0 bridgehead atoms. The zero-order valence-electron chi connectivity index (χ0n) is 18.7. The van der Waals surface area contributed by atoms with Gasteiger partial charge in [0.2, 0.25) is 10.0 Å². The lowest BCUT2D eigenvalue weighted by Gasteiger charge is -2.22. The Hall–Kier alpha value is -2.85. The molecule has 0 spiro atoms. The summed E-state index contributed by atoms with van der Waals surface area (Å²) in [6.07, 6.45) is 2.66. The molecule has 1 saturated heterocycles. The smallest absolute Gasteiger partial charge is 0.254 e. The second kappa shape index (κ2) is 8.18. The van der Waals surface area contributed by atoms with Crippen LogP contribution in [0.15, 0.2) is 35.2 Å². The summed E-state index contributed by atoms with van der Waals surface area (Å²) < 4.78 is 42.4. The first kappa shape index (κ1) is 22.0. The molecule has 0 atom stereocenters. The number of hydrogen-bond acceptors (Lipinski definition) is 5. The van der Waals surface area contributed by atoms with E-state index < -0.39 is 15.8 Å². The van der Waals surface area contributed by atoms with Gasteiger partial charge in [-0.15, -0.1) is 0 Å². The molecule has 0 radical (unpaired) electrons. The summed E-state index contributed by atoms with van der Waals surface area (Å²) in [4.78, 5) is 20.2. The Morgan fingerprint density at radius 2 is 1.82 bits per heavy atom. The molecule has 0 N–H and O–H groups in total. The van der Waals surface area contributed by atoms with Gasteiger partial charge < -0.3 is 4.90 Å². The highest BCUT2D eigenvalue weighted by molar-refractivity contribution is 7.89. The highest BCUT2D eigenvalue weighted by Gasteiger charge is 2.32. The lowest BCUT2D eigenvalue weighted by atomic mass is 10.1. The molecule has 3 heterocycles. The Kier molecular flexibility index (Phi) is 5.44. The van der Waals surface area contributed by atoms with Crippen molar-refractivity contribution in [3.63, 3.8) is 0 Å². The second-order valence-electron chi connectivity index (χ2n) is 8.78. The van der Waals surface area contributed by atoms with Crippen molar-refractivity contribution in [3.05, 3.63) is 53.1 Å². The monoisotopic (exact) mass is 471 g/mol. The molecule has 2 aromatic heterocycles. The van der Waals surface area contributed by atoms with Crippen LogP contribution in [0.1, 0.15) is 46.9 Å². The number of halogens is 1. The van der Waals surface area contributed by atoms with Gasteiger partial charge in [-0.3, -0.25) is 9.48 Å². The van der Waals surface area contributed by atoms with Gasteiger partial charge in [-0.05, 0) is 56.5 Å². The van der Waals surface area contributed by atoms with E-state index in [0.29, 0.717) is 36.6 Å². The van der Waals surface area contributed by atoms with E-state index in [4.69, 9.17) is 4.98 Å². The first-order valence-corrected chi connectivity index (χ1v) is 12.6. The number of pyridine rings is 1. The van der Waals surface area contributed by atoms with Gasteiger partial charge >= 0.3 is 0 Å². The van der Waals surface area contributed by atoms with Crippen LogP contribution in [0.25, 0.3) is 11.0 Å². The molecule has 0 unspecified atom stereocenters. The van der Waals surface area contributed by atoms with Crippen molar-refractivity contribution in [2.45, 2.75) is 37.0 Å². The first-order valence-electron chi connectivity index (χ1n) is 11.1. The average molecular weight is 472 g/mol. The summed E-state index contributed by atoms with van der Waals surface area (Å²) in [5.74, 6) is -0.223. The Labute approximate surface area is 192 Å². The van der Waals surface area contributed by atoms with Crippen LogP contribution in [-0.4, -0.2) is 64.5 Å². The quantitative estimate of drug-likeness (QED) is 0.584. The van der Waals surface area contributed by atoms with Crippen LogP contribution in [-0.2, 0) is 17.1 Å². The molecule has 174 valence electrons. The van der Waals surface area contributed by atoms with Gasteiger partial charge in [0.1, 0.15) is 5.82 Å². The van der Waals surface area contributed by atoms with Crippen LogP contribution < -0.4 is 0 Å². The van der Waals surface area contributed by atoms with Crippen molar-refractivity contribution >= 4 is 27.0 Å². The summed E-state index contributed by atoms with van der Waals surface area (Å²) in [6, 6.07) is 6.73. The average Bonchev–Trinajstić information content (AvgIpc) is 3.62. The number of aromatic nitrogens is 3. The molecule has 33 heavy (non-hydrogen) atoms. The lowest BCUT2D eigenvalue weighted by Crippen LogP contribution is -2.37. The molecule has 1 amide bonds. The minimum Gasteiger partial charge on any atom is -0.337 e. The second-order valence-corrected chi connectivity index (χ2v) is 10.7. The summed E-state index contributed by atoms with van der Waals surface area (Å²) in [7, 11) is -1.93. The fourth-order valence-electron chi connectivity index (χ4n) is 4.48. The fourth-order valence-corrected chi connectivity index (χ4v) is 5.95. The molecule has 3 aromatic rings. The number of benzene rings is 1. The number of hydrogen-bond donors (Lipinski definition) is 0. The number of aryl methyl sites for hydroxylation is 2. The Bertz CT molecular complexity index is 1330. The summed E-state index contributed by atoms with van der Waals surface area (Å²) >= 11 is 0. The zero-order chi connectivity index (χ0) is 23.3. The summed E-state index contributed by atoms with van der Waals surface area (Å²) in [5.41, 5.74) is 2.96. The topological polar surface area (TPSA) is 88.4 Å². The summed E-state index contributed by atoms with van der Waals surface area (Å²) in [5, 5.41) is 5.23. The number of fused-ring (bicyclic) bond motifs is 1. The minimum atomic E-state index is -3.76. The van der Waals surface area contributed by atoms with Crippen molar-refractivity contribution in [1.82, 2.24) is 24.0 Å². The van der Waals surface area contributed by atoms with E-state index in [0.717, 1.165) is 41.7 Å². The third-order valence-corrected chi connectivity index (χ3v) is 8.32. The molecule has 10 heteroatoms. The molecule has 1 saturated carbocycles. The largest absolute Gasteiger partial charge is 0.337 e. The Morgan fingerprint density at radius 3 is 2.52 bits per heavy atom. The van der Waals surface area contributed by atoms with E-state index in [1.54, 1.807) is 9.58 Å². The van der Waals surface area contributed by atoms with E-state index in [1.807, 2.05) is 20.0 Å². The zero-order valence-corrected chi connectivity index (χ0v) is 19.5. The van der Waals surface area contributed by atoms with E-state index in [2.05, 4.69) is 5.10 Å². The maximum absolute atomic E-state index is 13.6. The standard InChI is InChI=1S/C23H26FN5O3S/c1-15-21-19(14-20(16-4-5-16)25-22(21)27(2)26-15)23(30)28-10-3-11-29(13-12-28)33(31,32)18-8-6-17(24)7-9-18/h6-9,14,16H,3-5,10-13H2,1-2H3. The Morgan fingerprint density at radius 1 is 1.09 bits per heavy atom. The SMILES string of the molecule is Cc1nn(C)c2nc(C3CC3)cc(C(=O)N3CCCN(S(=O)(=O)c4ccc(F)cc4)CC3)c12. The van der Waals surface area contributed by atoms with Crippen LogP contribution in [0.2, 0.25) is 0 Å². The van der Waals surface area contributed by atoms with E-state index in [1.165, 1.54) is 16.4 Å². The van der Waals surface area contributed by atoms with Gasteiger partial charge in [0, 0.05) is 44.8 Å². The normalized spacial score (nSPS) is 18.0. The third-order valence-electron chi connectivity index (χ3n) is 6.41. The third kappa shape index (κ3) is 4.02. The maximum Gasteiger partial charge on any atom is 0.254 e. The maximum atomic E-state index is 13.6. The van der Waals surface area contributed by atoms with Gasteiger partial charge in [-0.1, -0.05) is 0 Å². The predicted molar refractivity (Wildman–Crippen MR) is 121 cm³/mol. The molecule has 5 rings (SSSR count). The van der Waals surface area contributed by atoms with E-state index in [-0.39, 0.29) is 23.9 Å². The van der Waals surface area contributed by atoms with Crippen molar-refractivity contribution in [1.29, 1.82) is 0 Å². The number of carbonyl (C=O) groups excluding carboxylic acids is 1. The van der Waals surface area contributed by atoms with Crippen molar-refractivity contribution in [3.8, 4) is 0 Å². The first-order chi connectivity index (χ1) is 15.8. The highest BCUT2D eigenvalue weighted by Crippen LogP contribution is 2.40. The lowest BCUT2D eigenvalue weighted by molar-refractivity contribution is 0.0766. The number of carbonyl (C=O) groups is 1. The molecular formula is C23H26FN5O3S. The number of nitrogens with zero attached hydrogens (tertiary/aromatic N) is 5. The highest BCUT2D eigenvalue weighted by atomic mass is 32.2.